The van der Waals surface area contributed by atoms with Crippen molar-refractivity contribution in [3.05, 3.63) is 23.5 Å². The van der Waals surface area contributed by atoms with Crippen LogP contribution >= 0.6 is 0 Å². The largest absolute Gasteiger partial charge is 0.346 e. The second-order valence-electron chi connectivity index (χ2n) is 5.87. The molecule has 0 saturated heterocycles. The molecule has 0 spiro atoms. The van der Waals surface area contributed by atoms with Crippen molar-refractivity contribution in [3.63, 3.8) is 0 Å². The van der Waals surface area contributed by atoms with E-state index < -0.39 is 6.85 Å². The van der Waals surface area contributed by atoms with Crippen LogP contribution in [-0.4, -0.2) is 4.57 Å². The van der Waals surface area contributed by atoms with Gasteiger partial charge in [0.2, 0.25) is 0 Å². The van der Waals surface area contributed by atoms with Gasteiger partial charge in [0.05, 0.1) is 0 Å². The Morgan fingerprint density at radius 1 is 1.14 bits per heavy atom. The first-order valence-corrected chi connectivity index (χ1v) is 5.08. The summed E-state index contributed by atoms with van der Waals surface area (Å²) in [6.07, 6.45) is 1.89. The number of aromatic nitrogens is 1. The molecule has 0 aliphatic carbocycles. The van der Waals surface area contributed by atoms with E-state index in [0.29, 0.717) is 5.69 Å². The predicted molar refractivity (Wildman–Crippen MR) is 62.9 cm³/mol. The van der Waals surface area contributed by atoms with Gasteiger partial charge in [-0.1, -0.05) is 20.8 Å². The van der Waals surface area contributed by atoms with Crippen LogP contribution in [0.4, 0.5) is 0 Å². The molecule has 1 heterocycles. The molecule has 0 aromatic carbocycles. The van der Waals surface area contributed by atoms with Crippen molar-refractivity contribution >= 4 is 0 Å². The van der Waals surface area contributed by atoms with Gasteiger partial charge in [0.25, 0.3) is 0 Å². The van der Waals surface area contributed by atoms with E-state index in [9.17, 15) is 0 Å². The van der Waals surface area contributed by atoms with Crippen LogP contribution in [0.3, 0.4) is 0 Å². The van der Waals surface area contributed by atoms with Gasteiger partial charge < -0.3 is 4.57 Å². The van der Waals surface area contributed by atoms with E-state index in [0.717, 1.165) is 5.56 Å². The second kappa shape index (κ2) is 3.15. The van der Waals surface area contributed by atoms with E-state index in [-0.39, 0.29) is 11.0 Å². The lowest BCUT2D eigenvalue weighted by molar-refractivity contribution is 0.388. The van der Waals surface area contributed by atoms with Crippen molar-refractivity contribution in [1.82, 2.24) is 4.57 Å². The predicted octanol–water partition coefficient (Wildman–Crippen LogP) is 3.85. The standard InChI is InChI=1S/C13H23N/c1-10-11(12(2,3)4)8-9-14(10)13(5,6)7/h8-9H,1-7H3/i1D3. The Morgan fingerprint density at radius 2 is 1.71 bits per heavy atom. The fraction of sp³-hybridized carbons (Fsp3) is 0.692. The van der Waals surface area contributed by atoms with E-state index >= 15 is 0 Å². The molecule has 14 heavy (non-hydrogen) atoms. The highest BCUT2D eigenvalue weighted by atomic mass is 15.0. The highest BCUT2D eigenvalue weighted by molar-refractivity contribution is 5.29. The lowest BCUT2D eigenvalue weighted by Gasteiger charge is -2.26. The molecule has 0 saturated carbocycles. The minimum atomic E-state index is -2.07. The minimum Gasteiger partial charge on any atom is -0.346 e. The van der Waals surface area contributed by atoms with Gasteiger partial charge in [-0.15, -0.1) is 0 Å². The Kier molecular flexibility index (Phi) is 1.70. The molecule has 1 heteroatoms. The highest BCUT2D eigenvalue weighted by Gasteiger charge is 2.22. The van der Waals surface area contributed by atoms with Crippen molar-refractivity contribution in [3.8, 4) is 0 Å². The molecule has 0 atom stereocenters. The molecule has 0 unspecified atom stereocenters. The summed E-state index contributed by atoms with van der Waals surface area (Å²) in [7, 11) is 0. The van der Waals surface area contributed by atoms with Gasteiger partial charge in [-0.25, -0.2) is 0 Å². The van der Waals surface area contributed by atoms with Crippen LogP contribution < -0.4 is 0 Å². The molecule has 0 fully saturated rings. The average molecular weight is 196 g/mol. The zero-order valence-corrected chi connectivity index (χ0v) is 10.1. The van der Waals surface area contributed by atoms with Gasteiger partial charge in [0.1, 0.15) is 0 Å². The maximum Gasteiger partial charge on any atom is 0.0358 e. The van der Waals surface area contributed by atoms with E-state index in [1.54, 1.807) is 0 Å². The second-order valence-corrected chi connectivity index (χ2v) is 5.87. The summed E-state index contributed by atoms with van der Waals surface area (Å²) in [5.41, 5.74) is 1.01. The van der Waals surface area contributed by atoms with Crippen LogP contribution in [0.25, 0.3) is 0 Å². The van der Waals surface area contributed by atoms with E-state index in [2.05, 4.69) is 0 Å². The molecule has 0 aliphatic heterocycles. The van der Waals surface area contributed by atoms with Crippen LogP contribution in [0, 0.1) is 6.85 Å². The van der Waals surface area contributed by atoms with Crippen LogP contribution in [0.15, 0.2) is 12.3 Å². The quantitative estimate of drug-likeness (QED) is 0.594. The Morgan fingerprint density at radius 3 is 2.07 bits per heavy atom. The average Bonchev–Trinajstić information content (AvgIpc) is 2.42. The summed E-state index contributed by atoms with van der Waals surface area (Å²) in [5, 5.41) is 0. The Hall–Kier alpha value is -0.720. The fourth-order valence-corrected chi connectivity index (χ4v) is 1.60. The number of rotatable bonds is 0. The molecule has 1 nitrogen and oxygen atoms in total. The lowest BCUT2D eigenvalue weighted by atomic mass is 9.87. The normalized spacial score (nSPS) is 17.4. The highest BCUT2D eigenvalue weighted by Crippen LogP contribution is 2.29. The minimum absolute atomic E-state index is 0.153. The van der Waals surface area contributed by atoms with Gasteiger partial charge in [0, 0.05) is 21.5 Å². The fourth-order valence-electron chi connectivity index (χ4n) is 1.60. The Labute approximate surface area is 92.3 Å². The van der Waals surface area contributed by atoms with Crippen molar-refractivity contribution in [1.29, 1.82) is 0 Å². The van der Waals surface area contributed by atoms with Crippen molar-refractivity contribution in [2.24, 2.45) is 0 Å². The van der Waals surface area contributed by atoms with Crippen LogP contribution in [0.1, 0.15) is 56.9 Å². The summed E-state index contributed by atoms with van der Waals surface area (Å²) in [6, 6.07) is 1.94. The molecule has 0 N–H and O–H groups in total. The third-order valence-corrected chi connectivity index (χ3v) is 2.42. The molecule has 80 valence electrons. The van der Waals surface area contributed by atoms with Crippen molar-refractivity contribution < 1.29 is 4.11 Å². The molecule has 0 radical (unpaired) electrons. The van der Waals surface area contributed by atoms with E-state index in [1.807, 2.05) is 58.4 Å². The van der Waals surface area contributed by atoms with Crippen molar-refractivity contribution in [2.75, 3.05) is 0 Å². The van der Waals surface area contributed by atoms with Gasteiger partial charge in [-0.3, -0.25) is 0 Å². The summed E-state index contributed by atoms with van der Waals surface area (Å²) < 4.78 is 25.1. The van der Waals surface area contributed by atoms with Crippen LogP contribution in [0.2, 0.25) is 0 Å². The monoisotopic (exact) mass is 196 g/mol. The number of nitrogens with zero attached hydrogens (tertiary/aromatic N) is 1. The first-order chi connectivity index (χ1) is 7.35. The molecular weight excluding hydrogens is 170 g/mol. The Balaban J connectivity index is 3.53. The van der Waals surface area contributed by atoms with Gasteiger partial charge >= 0.3 is 0 Å². The molecule has 0 aliphatic rings. The smallest absolute Gasteiger partial charge is 0.0358 e. The lowest BCUT2D eigenvalue weighted by Crippen LogP contribution is -2.23. The molecule has 1 aromatic rings. The summed E-state index contributed by atoms with van der Waals surface area (Å²) >= 11 is 0. The first kappa shape index (κ1) is 7.56. The van der Waals surface area contributed by atoms with E-state index in [1.165, 1.54) is 0 Å². The topological polar surface area (TPSA) is 4.93 Å². The maximum absolute atomic E-state index is 7.74. The molecule has 0 amide bonds. The zero-order valence-electron chi connectivity index (χ0n) is 13.1. The molecule has 1 aromatic heterocycles. The third kappa shape index (κ3) is 2.02. The maximum atomic E-state index is 7.74. The first-order valence-electron chi connectivity index (χ1n) is 6.58. The van der Waals surface area contributed by atoms with Crippen LogP contribution in [0.5, 0.6) is 0 Å². The summed E-state index contributed by atoms with van der Waals surface area (Å²) in [4.78, 5) is 0. The van der Waals surface area contributed by atoms with Gasteiger partial charge in [0.15, 0.2) is 0 Å². The summed E-state index contributed by atoms with van der Waals surface area (Å²) in [5.74, 6) is 0. The van der Waals surface area contributed by atoms with Gasteiger partial charge in [-0.05, 0) is 44.7 Å². The van der Waals surface area contributed by atoms with E-state index in [4.69, 9.17) is 4.11 Å². The zero-order chi connectivity index (χ0) is 13.6. The number of hydrogen-bond donors (Lipinski definition) is 0. The third-order valence-electron chi connectivity index (χ3n) is 2.42. The van der Waals surface area contributed by atoms with Crippen LogP contribution in [-0.2, 0) is 11.0 Å². The van der Waals surface area contributed by atoms with Gasteiger partial charge in [-0.2, -0.15) is 0 Å². The molecule has 0 bridgehead atoms. The summed E-state index contributed by atoms with van der Waals surface area (Å²) in [6.45, 7) is 10.1. The molecule has 1 rings (SSSR count). The SMILES string of the molecule is [2H]C([2H])([2H])c1c(C(C)(C)C)ccn1C(C)(C)C. The molecular formula is C13H23N. The Bertz CT molecular complexity index is 368. The van der Waals surface area contributed by atoms with Crippen molar-refractivity contribution in [2.45, 2.75) is 59.3 Å². The number of hydrogen-bond acceptors (Lipinski definition) is 0.